The lowest BCUT2D eigenvalue weighted by atomic mass is 10.1. The van der Waals surface area contributed by atoms with Gasteiger partial charge in [-0.3, -0.25) is 0 Å². The predicted octanol–water partition coefficient (Wildman–Crippen LogP) is 1.62. The third kappa shape index (κ3) is 13.6. The van der Waals surface area contributed by atoms with Gasteiger partial charge in [-0.05, 0) is 25.7 Å². The standard InChI is InChI=1S/C16H36N.CH4O.HI/c1-5-9-13-17(14-10-6-2,15-11-7-3)16-12-8-4;1-2;/h5-16H2,1-4H3;2H,1H3;1H/q+1;;/p-1. The molecule has 0 fully saturated rings. The van der Waals surface area contributed by atoms with Crippen LogP contribution in [0.25, 0.3) is 0 Å². The van der Waals surface area contributed by atoms with Gasteiger partial charge in [0.05, 0.1) is 26.2 Å². The number of aliphatic hydroxyl groups is 1. The Morgan fingerprint density at radius 3 is 0.900 bits per heavy atom. The molecule has 0 atom stereocenters. The number of nitrogens with zero attached hydrogens (tertiary/aromatic N) is 1. The predicted molar refractivity (Wildman–Crippen MR) is 87.5 cm³/mol. The van der Waals surface area contributed by atoms with Crippen molar-refractivity contribution >= 4 is 0 Å². The zero-order valence-corrected chi connectivity index (χ0v) is 16.9. The van der Waals surface area contributed by atoms with E-state index in [4.69, 9.17) is 5.11 Å². The number of rotatable bonds is 12. The molecule has 0 amide bonds. The molecular weight excluding hydrogens is 361 g/mol. The van der Waals surface area contributed by atoms with E-state index in [1.165, 1.54) is 82.0 Å². The highest BCUT2D eigenvalue weighted by molar-refractivity contribution is 4.49. The summed E-state index contributed by atoms with van der Waals surface area (Å²) in [5.74, 6) is 0. The molecule has 0 aromatic rings. The summed E-state index contributed by atoms with van der Waals surface area (Å²) in [6, 6.07) is 0. The Morgan fingerprint density at radius 2 is 0.750 bits per heavy atom. The minimum atomic E-state index is 0. The van der Waals surface area contributed by atoms with Gasteiger partial charge >= 0.3 is 0 Å². The van der Waals surface area contributed by atoms with E-state index in [2.05, 4.69) is 27.7 Å². The minimum Gasteiger partial charge on any atom is -1.00 e. The van der Waals surface area contributed by atoms with Crippen LogP contribution >= 0.6 is 0 Å². The van der Waals surface area contributed by atoms with Crippen molar-refractivity contribution in [2.45, 2.75) is 79.1 Å². The van der Waals surface area contributed by atoms with Crippen LogP contribution in [0.2, 0.25) is 0 Å². The third-order valence-electron chi connectivity index (χ3n) is 3.94. The summed E-state index contributed by atoms with van der Waals surface area (Å²) in [6.07, 6.45) is 11.1. The molecule has 0 aromatic heterocycles. The van der Waals surface area contributed by atoms with Gasteiger partial charge in [0.15, 0.2) is 0 Å². The smallest absolute Gasteiger partial charge is 0.0786 e. The summed E-state index contributed by atoms with van der Waals surface area (Å²) in [6.45, 7) is 15.0. The molecular formula is C17H40INO. The van der Waals surface area contributed by atoms with Gasteiger partial charge in [0.25, 0.3) is 0 Å². The molecule has 0 aromatic carbocycles. The molecule has 0 radical (unpaired) electrons. The van der Waals surface area contributed by atoms with Crippen LogP contribution in [0.15, 0.2) is 0 Å². The molecule has 3 heteroatoms. The van der Waals surface area contributed by atoms with E-state index in [0.29, 0.717) is 0 Å². The Balaban J connectivity index is -0.000000916. The molecule has 0 spiro atoms. The molecule has 126 valence electrons. The van der Waals surface area contributed by atoms with Gasteiger partial charge in [-0.25, -0.2) is 0 Å². The summed E-state index contributed by atoms with van der Waals surface area (Å²) in [5.41, 5.74) is 0. The maximum Gasteiger partial charge on any atom is 0.0786 e. The third-order valence-corrected chi connectivity index (χ3v) is 3.94. The van der Waals surface area contributed by atoms with Crippen molar-refractivity contribution in [3.63, 3.8) is 0 Å². The topological polar surface area (TPSA) is 20.2 Å². The molecule has 0 aliphatic rings. The van der Waals surface area contributed by atoms with Gasteiger partial charge < -0.3 is 33.6 Å². The zero-order valence-electron chi connectivity index (χ0n) is 14.8. The second-order valence-corrected chi connectivity index (χ2v) is 5.65. The first-order chi connectivity index (χ1) is 9.24. The van der Waals surface area contributed by atoms with Crippen LogP contribution in [0.1, 0.15) is 79.1 Å². The van der Waals surface area contributed by atoms with Crippen molar-refractivity contribution in [3.05, 3.63) is 0 Å². The second kappa shape index (κ2) is 19.7. The van der Waals surface area contributed by atoms with E-state index in [1.807, 2.05) is 0 Å². The van der Waals surface area contributed by atoms with E-state index in [0.717, 1.165) is 7.11 Å². The Bertz CT molecular complexity index is 128. The molecule has 0 aliphatic carbocycles. The highest BCUT2D eigenvalue weighted by Gasteiger charge is 2.24. The first kappa shape index (κ1) is 25.6. The summed E-state index contributed by atoms with van der Waals surface area (Å²) in [4.78, 5) is 0. The highest BCUT2D eigenvalue weighted by Crippen LogP contribution is 2.16. The molecule has 0 saturated carbocycles. The monoisotopic (exact) mass is 401 g/mol. The van der Waals surface area contributed by atoms with Crippen LogP contribution in [-0.2, 0) is 0 Å². The van der Waals surface area contributed by atoms with Gasteiger partial charge in [0.1, 0.15) is 0 Å². The Hall–Kier alpha value is 0.650. The lowest BCUT2D eigenvalue weighted by Crippen LogP contribution is -3.00. The number of halogens is 1. The molecule has 2 nitrogen and oxygen atoms in total. The van der Waals surface area contributed by atoms with Crippen LogP contribution < -0.4 is 24.0 Å². The molecule has 0 saturated heterocycles. The summed E-state index contributed by atoms with van der Waals surface area (Å²) >= 11 is 0. The minimum absolute atomic E-state index is 0. The van der Waals surface area contributed by atoms with Crippen LogP contribution in [0.5, 0.6) is 0 Å². The van der Waals surface area contributed by atoms with Gasteiger partial charge in [-0.2, -0.15) is 0 Å². The number of aliphatic hydroxyl groups excluding tert-OH is 1. The van der Waals surface area contributed by atoms with Crippen molar-refractivity contribution in [3.8, 4) is 0 Å². The van der Waals surface area contributed by atoms with Crippen molar-refractivity contribution < 1.29 is 33.6 Å². The highest BCUT2D eigenvalue weighted by atomic mass is 127. The number of unbranched alkanes of at least 4 members (excludes halogenated alkanes) is 4. The van der Waals surface area contributed by atoms with Crippen molar-refractivity contribution in [2.75, 3.05) is 33.3 Å². The van der Waals surface area contributed by atoms with E-state index in [1.54, 1.807) is 0 Å². The first-order valence-electron chi connectivity index (χ1n) is 8.54. The molecule has 0 aliphatic heterocycles. The molecule has 1 N–H and O–H groups in total. The fourth-order valence-corrected chi connectivity index (χ4v) is 2.64. The van der Waals surface area contributed by atoms with Gasteiger partial charge in [0.2, 0.25) is 0 Å². The van der Waals surface area contributed by atoms with Crippen molar-refractivity contribution in [1.29, 1.82) is 0 Å². The van der Waals surface area contributed by atoms with Gasteiger partial charge in [-0.1, -0.05) is 53.4 Å². The quantitative estimate of drug-likeness (QED) is 0.389. The summed E-state index contributed by atoms with van der Waals surface area (Å²) in [7, 11) is 1.00. The maximum absolute atomic E-state index is 7.00. The van der Waals surface area contributed by atoms with E-state index >= 15 is 0 Å². The molecule has 0 rings (SSSR count). The van der Waals surface area contributed by atoms with Crippen LogP contribution in [0, 0.1) is 0 Å². The lowest BCUT2D eigenvalue weighted by molar-refractivity contribution is -0.929. The fourth-order valence-electron chi connectivity index (χ4n) is 2.64. The van der Waals surface area contributed by atoms with Crippen LogP contribution in [0.4, 0.5) is 0 Å². The van der Waals surface area contributed by atoms with Crippen LogP contribution in [-0.4, -0.2) is 42.9 Å². The molecule has 0 bridgehead atoms. The van der Waals surface area contributed by atoms with E-state index in [-0.39, 0.29) is 24.0 Å². The molecule has 20 heavy (non-hydrogen) atoms. The molecule has 0 heterocycles. The average Bonchev–Trinajstić information content (AvgIpc) is 2.48. The lowest BCUT2D eigenvalue weighted by Gasteiger charge is -2.39. The van der Waals surface area contributed by atoms with E-state index < -0.39 is 0 Å². The largest absolute Gasteiger partial charge is 1.00 e. The Morgan fingerprint density at radius 1 is 0.550 bits per heavy atom. The number of hydrogen-bond acceptors (Lipinski definition) is 1. The van der Waals surface area contributed by atoms with E-state index in [9.17, 15) is 0 Å². The normalized spacial score (nSPS) is 10.5. The molecule has 0 unspecified atom stereocenters. The maximum atomic E-state index is 7.00. The van der Waals surface area contributed by atoms with Crippen molar-refractivity contribution in [2.24, 2.45) is 0 Å². The van der Waals surface area contributed by atoms with Crippen molar-refractivity contribution in [1.82, 2.24) is 0 Å². The average molecular weight is 401 g/mol. The SMILES string of the molecule is CCCC[N+](CCCC)(CCCC)CCCC.CO.[I-]. The fraction of sp³-hybridized carbons (Fsp3) is 1.00. The van der Waals surface area contributed by atoms with Gasteiger partial charge in [-0.15, -0.1) is 0 Å². The number of quaternary nitrogens is 1. The Kier molecular flexibility index (Phi) is 25.1. The Labute approximate surface area is 145 Å². The number of hydrogen-bond donors (Lipinski definition) is 1. The van der Waals surface area contributed by atoms with Crippen LogP contribution in [0.3, 0.4) is 0 Å². The first-order valence-corrected chi connectivity index (χ1v) is 8.54. The second-order valence-electron chi connectivity index (χ2n) is 5.65. The zero-order chi connectivity index (χ0) is 15.0. The summed E-state index contributed by atoms with van der Waals surface area (Å²) in [5, 5.41) is 7.00. The summed E-state index contributed by atoms with van der Waals surface area (Å²) < 4.78 is 1.42. The van der Waals surface area contributed by atoms with Gasteiger partial charge in [0, 0.05) is 7.11 Å².